The van der Waals surface area contributed by atoms with Crippen molar-refractivity contribution in [3.05, 3.63) is 0 Å². The number of nitrogens with one attached hydrogen (secondary N) is 1. The number of sulfone groups is 1. The van der Waals surface area contributed by atoms with Crippen molar-refractivity contribution in [2.45, 2.75) is 39.2 Å². The average Bonchev–Trinajstić information content (AvgIpc) is 2.29. The SMILES string of the molecule is CCC(C)CS(=O)(=O)CCNC1CCOCC1. The van der Waals surface area contributed by atoms with Crippen LogP contribution in [0.3, 0.4) is 0 Å². The summed E-state index contributed by atoms with van der Waals surface area (Å²) in [7, 11) is -2.89. The van der Waals surface area contributed by atoms with Crippen molar-refractivity contribution in [2.24, 2.45) is 5.92 Å². The van der Waals surface area contributed by atoms with Crippen LogP contribution in [0.1, 0.15) is 33.1 Å². The maximum Gasteiger partial charge on any atom is 0.151 e. The molecule has 1 aliphatic heterocycles. The Morgan fingerprint density at radius 3 is 2.59 bits per heavy atom. The molecular weight excluding hydrogens is 238 g/mol. The maximum absolute atomic E-state index is 11.8. The Hall–Kier alpha value is -0.130. The Morgan fingerprint density at radius 2 is 2.00 bits per heavy atom. The molecule has 1 aliphatic rings. The Balaban J connectivity index is 2.20. The molecule has 0 aliphatic carbocycles. The van der Waals surface area contributed by atoms with Crippen LogP contribution in [0.5, 0.6) is 0 Å². The summed E-state index contributed by atoms with van der Waals surface area (Å²) in [5.74, 6) is 0.844. The smallest absolute Gasteiger partial charge is 0.151 e. The molecule has 1 N–H and O–H groups in total. The van der Waals surface area contributed by atoms with E-state index in [9.17, 15) is 8.42 Å². The van der Waals surface area contributed by atoms with Crippen LogP contribution in [-0.2, 0) is 14.6 Å². The van der Waals surface area contributed by atoms with Gasteiger partial charge in [0, 0.05) is 25.8 Å². The molecule has 1 atom stereocenters. The second-order valence-corrected chi connectivity index (χ2v) is 7.20. The average molecular weight is 263 g/mol. The van der Waals surface area contributed by atoms with Gasteiger partial charge in [0.2, 0.25) is 0 Å². The zero-order chi connectivity index (χ0) is 12.7. The van der Waals surface area contributed by atoms with Crippen molar-refractivity contribution < 1.29 is 13.2 Å². The van der Waals surface area contributed by atoms with Gasteiger partial charge in [-0.3, -0.25) is 0 Å². The van der Waals surface area contributed by atoms with E-state index in [0.29, 0.717) is 18.3 Å². The summed E-state index contributed by atoms with van der Waals surface area (Å²) in [6.45, 7) is 6.17. The third-order valence-corrected chi connectivity index (χ3v) is 5.21. The lowest BCUT2D eigenvalue weighted by Gasteiger charge is -2.23. The zero-order valence-corrected chi connectivity index (χ0v) is 11.8. The van der Waals surface area contributed by atoms with Gasteiger partial charge in [-0.15, -0.1) is 0 Å². The van der Waals surface area contributed by atoms with Crippen LogP contribution in [0.15, 0.2) is 0 Å². The second kappa shape index (κ2) is 7.34. The fourth-order valence-corrected chi connectivity index (χ4v) is 3.65. The lowest BCUT2D eigenvalue weighted by atomic mass is 10.1. The minimum absolute atomic E-state index is 0.259. The Bertz CT molecular complexity index is 297. The highest BCUT2D eigenvalue weighted by Gasteiger charge is 2.17. The first-order chi connectivity index (χ1) is 8.03. The van der Waals surface area contributed by atoms with Crippen LogP contribution >= 0.6 is 0 Å². The van der Waals surface area contributed by atoms with Gasteiger partial charge in [0.05, 0.1) is 11.5 Å². The van der Waals surface area contributed by atoms with E-state index in [1.165, 1.54) is 0 Å². The molecule has 0 saturated carbocycles. The standard InChI is InChI=1S/C12H25NO3S/c1-3-11(2)10-17(14,15)9-6-13-12-4-7-16-8-5-12/h11-13H,3-10H2,1-2H3. The lowest BCUT2D eigenvalue weighted by molar-refractivity contribution is 0.0785. The second-order valence-electron chi connectivity index (χ2n) is 4.97. The Kier molecular flexibility index (Phi) is 6.44. The summed E-state index contributed by atoms with van der Waals surface area (Å²) < 4.78 is 28.8. The number of hydrogen-bond acceptors (Lipinski definition) is 4. The van der Waals surface area contributed by atoms with E-state index in [2.05, 4.69) is 5.32 Å². The van der Waals surface area contributed by atoms with Gasteiger partial charge in [-0.2, -0.15) is 0 Å². The number of ether oxygens (including phenoxy) is 1. The van der Waals surface area contributed by atoms with Gasteiger partial charge in [0.15, 0.2) is 9.84 Å². The maximum atomic E-state index is 11.8. The van der Waals surface area contributed by atoms with E-state index in [1.807, 2.05) is 13.8 Å². The van der Waals surface area contributed by atoms with Gasteiger partial charge in [-0.1, -0.05) is 20.3 Å². The van der Waals surface area contributed by atoms with Gasteiger partial charge in [-0.25, -0.2) is 8.42 Å². The molecule has 4 nitrogen and oxygen atoms in total. The molecule has 17 heavy (non-hydrogen) atoms. The van der Waals surface area contributed by atoms with E-state index < -0.39 is 9.84 Å². The minimum atomic E-state index is -2.89. The topological polar surface area (TPSA) is 55.4 Å². The predicted molar refractivity (Wildman–Crippen MR) is 70.0 cm³/mol. The van der Waals surface area contributed by atoms with Gasteiger partial charge in [0.1, 0.15) is 0 Å². The highest BCUT2D eigenvalue weighted by atomic mass is 32.2. The monoisotopic (exact) mass is 263 g/mol. The highest BCUT2D eigenvalue weighted by molar-refractivity contribution is 7.91. The Labute approximate surface area is 105 Å². The fourth-order valence-electron chi connectivity index (χ4n) is 1.95. The largest absolute Gasteiger partial charge is 0.381 e. The van der Waals surface area contributed by atoms with Crippen molar-refractivity contribution in [1.29, 1.82) is 0 Å². The summed E-state index contributed by atoms with van der Waals surface area (Å²) in [6.07, 6.45) is 2.91. The molecular formula is C12H25NO3S. The van der Waals surface area contributed by atoms with Crippen LogP contribution in [0.25, 0.3) is 0 Å². The lowest BCUT2D eigenvalue weighted by Crippen LogP contribution is -2.38. The van der Waals surface area contributed by atoms with Crippen LogP contribution < -0.4 is 5.32 Å². The zero-order valence-electron chi connectivity index (χ0n) is 10.9. The van der Waals surface area contributed by atoms with Crippen LogP contribution in [0.2, 0.25) is 0 Å². The first-order valence-electron chi connectivity index (χ1n) is 6.55. The van der Waals surface area contributed by atoms with E-state index in [1.54, 1.807) is 0 Å². The quantitative estimate of drug-likeness (QED) is 0.750. The highest BCUT2D eigenvalue weighted by Crippen LogP contribution is 2.07. The van der Waals surface area contributed by atoms with Crippen LogP contribution in [-0.4, -0.2) is 45.7 Å². The van der Waals surface area contributed by atoms with Crippen LogP contribution in [0, 0.1) is 5.92 Å². The van der Waals surface area contributed by atoms with Gasteiger partial charge >= 0.3 is 0 Å². The molecule has 1 unspecified atom stereocenters. The summed E-state index contributed by atoms with van der Waals surface area (Å²) in [6, 6.07) is 0.433. The summed E-state index contributed by atoms with van der Waals surface area (Å²) >= 11 is 0. The van der Waals surface area contributed by atoms with E-state index in [0.717, 1.165) is 32.5 Å². The third kappa shape index (κ3) is 6.38. The van der Waals surface area contributed by atoms with Crippen molar-refractivity contribution in [1.82, 2.24) is 5.32 Å². The molecule has 0 aromatic carbocycles. The fraction of sp³-hybridized carbons (Fsp3) is 1.00. The molecule has 1 fully saturated rings. The molecule has 1 saturated heterocycles. The summed E-state index contributed by atoms with van der Waals surface area (Å²) in [4.78, 5) is 0. The minimum Gasteiger partial charge on any atom is -0.381 e. The number of rotatable bonds is 7. The molecule has 1 heterocycles. The molecule has 0 aromatic rings. The molecule has 0 amide bonds. The van der Waals surface area contributed by atoms with E-state index in [4.69, 9.17) is 4.74 Å². The number of hydrogen-bond donors (Lipinski definition) is 1. The third-order valence-electron chi connectivity index (χ3n) is 3.30. The predicted octanol–water partition coefficient (Wildman–Crippen LogP) is 1.22. The van der Waals surface area contributed by atoms with Crippen molar-refractivity contribution in [3.63, 3.8) is 0 Å². The summed E-state index contributed by atoms with van der Waals surface area (Å²) in [5, 5.41) is 3.31. The van der Waals surface area contributed by atoms with Crippen LogP contribution in [0.4, 0.5) is 0 Å². The molecule has 0 aromatic heterocycles. The van der Waals surface area contributed by atoms with Gasteiger partial charge < -0.3 is 10.1 Å². The molecule has 5 heteroatoms. The molecule has 0 spiro atoms. The first kappa shape index (κ1) is 14.9. The van der Waals surface area contributed by atoms with Gasteiger partial charge in [-0.05, 0) is 18.8 Å². The molecule has 1 rings (SSSR count). The first-order valence-corrected chi connectivity index (χ1v) is 8.37. The van der Waals surface area contributed by atoms with Crippen molar-refractivity contribution in [3.8, 4) is 0 Å². The molecule has 102 valence electrons. The van der Waals surface area contributed by atoms with Crippen molar-refractivity contribution >= 4 is 9.84 Å². The van der Waals surface area contributed by atoms with Crippen molar-refractivity contribution in [2.75, 3.05) is 31.3 Å². The molecule has 0 radical (unpaired) electrons. The van der Waals surface area contributed by atoms with Gasteiger partial charge in [0.25, 0.3) is 0 Å². The molecule has 0 bridgehead atoms. The van der Waals surface area contributed by atoms with E-state index in [-0.39, 0.29) is 11.7 Å². The summed E-state index contributed by atoms with van der Waals surface area (Å²) in [5.41, 5.74) is 0. The Morgan fingerprint density at radius 1 is 1.35 bits per heavy atom. The van der Waals surface area contributed by atoms with E-state index >= 15 is 0 Å². The normalized spacial score (nSPS) is 20.4.